The van der Waals surface area contributed by atoms with Gasteiger partial charge < -0.3 is 4.57 Å². The van der Waals surface area contributed by atoms with E-state index in [2.05, 4.69) is 200 Å². The summed E-state index contributed by atoms with van der Waals surface area (Å²) >= 11 is -0.350. The third kappa shape index (κ3) is 10.9. The molecule has 1 fully saturated rings. The third-order valence-electron chi connectivity index (χ3n) is 13.8. The Morgan fingerprint density at radius 3 is 2.03 bits per heavy atom. The molecule has 1 unspecified atom stereocenters. The van der Waals surface area contributed by atoms with Gasteiger partial charge in [-0.05, 0) is 91.7 Å². The van der Waals surface area contributed by atoms with Crippen molar-refractivity contribution in [3.05, 3.63) is 192 Å². The van der Waals surface area contributed by atoms with E-state index in [4.69, 9.17) is 11.8 Å². The number of pyridine rings is 1. The Kier molecular flexibility index (Phi) is 13.6. The molecule has 0 N–H and O–H groups in total. The maximum Gasteiger partial charge on any atom is 0 e. The van der Waals surface area contributed by atoms with Gasteiger partial charge in [-0.25, -0.2) is 0 Å². The van der Waals surface area contributed by atoms with E-state index < -0.39 is 26.5 Å². The fraction of sp³-hybridized carbons (Fsp3) is 0.262. The van der Waals surface area contributed by atoms with Crippen molar-refractivity contribution >= 4 is 60.2 Å². The van der Waals surface area contributed by atoms with Crippen LogP contribution >= 0.6 is 11.3 Å². The summed E-state index contributed by atoms with van der Waals surface area (Å²) in [5.41, 5.74) is 15.0. The summed E-state index contributed by atoms with van der Waals surface area (Å²) in [4.78, 5) is 9.99. The van der Waals surface area contributed by atoms with Crippen molar-refractivity contribution in [2.24, 2.45) is 5.92 Å². The summed E-state index contributed by atoms with van der Waals surface area (Å²) < 4.78 is 45.8. The molecule has 1 radical (unpaired) electrons. The zero-order chi connectivity index (χ0) is 52.8. The Morgan fingerprint density at radius 1 is 0.690 bits per heavy atom. The molecule has 7 aromatic carbocycles. The van der Waals surface area contributed by atoms with Gasteiger partial charge in [0.05, 0.1) is 16.9 Å². The predicted molar refractivity (Wildman–Crippen MR) is 304 cm³/mol. The molecule has 6 heteroatoms. The van der Waals surface area contributed by atoms with Crippen LogP contribution in [0.2, 0.25) is 17.3 Å². The van der Waals surface area contributed by atoms with Crippen molar-refractivity contribution < 1.29 is 27.0 Å². The summed E-state index contributed by atoms with van der Waals surface area (Å²) in [6.45, 7) is 7.07. The molecule has 0 amide bonds. The molecule has 11 rings (SSSR count). The van der Waals surface area contributed by atoms with Crippen molar-refractivity contribution in [3.8, 4) is 50.6 Å². The molecule has 0 spiro atoms. The maximum atomic E-state index is 8.47. The number of thiophene rings is 1. The summed E-state index contributed by atoms with van der Waals surface area (Å²) in [5, 5.41) is 2.52. The second kappa shape index (κ2) is 21.7. The van der Waals surface area contributed by atoms with Crippen molar-refractivity contribution in [1.29, 1.82) is 0 Å². The van der Waals surface area contributed by atoms with Gasteiger partial charge in [0.25, 0.3) is 0 Å². The molecule has 1 aliphatic carbocycles. The van der Waals surface area contributed by atoms with Gasteiger partial charge in [0.1, 0.15) is 0 Å². The molecule has 3 heterocycles. The zero-order valence-electron chi connectivity index (χ0n) is 46.9. The molecule has 361 valence electrons. The van der Waals surface area contributed by atoms with Gasteiger partial charge in [-0.15, -0.1) is 23.8 Å². The van der Waals surface area contributed by atoms with E-state index in [1.54, 1.807) is 12.1 Å². The van der Waals surface area contributed by atoms with E-state index in [1.165, 1.54) is 75.3 Å². The summed E-state index contributed by atoms with van der Waals surface area (Å²) in [7, 11) is 0. The minimum Gasteiger partial charge on any atom is 0 e. The number of hydrogen-bond acceptors (Lipinski definition) is 3. The number of hydrogen-bond donors (Lipinski definition) is 0. The monoisotopic (exact) mass is 1190 g/mol. The van der Waals surface area contributed by atoms with E-state index in [0.717, 1.165) is 59.4 Å². The average Bonchev–Trinajstić information content (AvgIpc) is 4.03. The number of imidazole rings is 1. The van der Waals surface area contributed by atoms with Crippen LogP contribution in [-0.2, 0) is 26.5 Å². The fourth-order valence-electron chi connectivity index (χ4n) is 10.1. The minimum absolute atomic E-state index is 0. The quantitative estimate of drug-likeness (QED) is 0.101. The van der Waals surface area contributed by atoms with Crippen molar-refractivity contribution in [1.82, 2.24) is 14.5 Å². The Bertz CT molecular complexity index is 3630. The molecule has 10 aromatic rings. The van der Waals surface area contributed by atoms with Gasteiger partial charge in [-0.3, -0.25) is 4.98 Å². The number of nitrogens with zero attached hydrogens (tertiary/aromatic N) is 3. The van der Waals surface area contributed by atoms with Gasteiger partial charge >= 0.3 is 157 Å². The Morgan fingerprint density at radius 2 is 1.37 bits per heavy atom. The van der Waals surface area contributed by atoms with Crippen molar-refractivity contribution in [3.63, 3.8) is 0 Å². The number of benzene rings is 7. The SMILES string of the molecule is CC(C)c1cc(-c2ccccc2)cc(C(C)C)c1-n1c(-c2[c-]cc3sc4ccc(-c5ccccc5)cc4c3c2)nc2ccccc21.[2H]C([2H])([2H])c1c[c-]c(-c2cc(CC3CCCCC3([2H])[2H])[c]([Ge]([CH3])([CH3])[CH3])cn2)cc1.[Ir]. The first-order valence-corrected chi connectivity index (χ1v) is 33.2. The summed E-state index contributed by atoms with van der Waals surface area (Å²) in [6.07, 6.45) is 5.26. The van der Waals surface area contributed by atoms with Gasteiger partial charge in [0, 0.05) is 30.5 Å². The molecule has 3 aromatic heterocycles. The predicted octanol–water partition coefficient (Wildman–Crippen LogP) is 18.0. The number of para-hydroxylation sites is 2. The zero-order valence-corrected chi connectivity index (χ0v) is 47.2. The molecule has 0 aliphatic heterocycles. The van der Waals surface area contributed by atoms with Gasteiger partial charge in [-0.1, -0.05) is 112 Å². The minimum atomic E-state index is -2.18. The number of rotatable bonds is 10. The molecule has 0 bridgehead atoms. The molecule has 1 atom stereocenters. The van der Waals surface area contributed by atoms with Gasteiger partial charge in [-0.2, -0.15) is 11.3 Å². The molecular formula is C65H65GeIrN3S-2. The third-order valence-corrected chi connectivity index (χ3v) is 19.3. The number of aryl methyl sites for hydroxylation is 1. The second-order valence-corrected chi connectivity index (χ2v) is 32.2. The number of aromatic nitrogens is 3. The van der Waals surface area contributed by atoms with Crippen LogP contribution in [0.3, 0.4) is 0 Å². The van der Waals surface area contributed by atoms with Crippen LogP contribution < -0.4 is 4.40 Å². The topological polar surface area (TPSA) is 30.7 Å². The van der Waals surface area contributed by atoms with E-state index in [-0.39, 0.29) is 31.6 Å². The smallest absolute Gasteiger partial charge is 0 e. The standard InChI is InChI=1S/C43H35N2S.C22H30GeN.Ir/c1-27(2)34-25-33(30-15-9-6-10-16-30)26-35(28(3)4)42(34)45-39-18-12-11-17-38(39)44-43(45)32-20-22-41-37(24-32)36-23-31(19-21-40(36)46-41)29-13-7-5-8-14-29;1-17-10-12-19(13-11-17)22-15-20(14-18-8-6-5-7-9-18)21(16-24-22)23(2,3)4;/h5-19,21-28H,1-4H3;10-12,15-16,18H,5-9,14H2,1-4H3;/q2*-1;/i;1D3,8D2;. The van der Waals surface area contributed by atoms with Crippen LogP contribution in [0.4, 0.5) is 0 Å². The van der Waals surface area contributed by atoms with E-state index in [9.17, 15) is 0 Å². The molecule has 3 nitrogen and oxygen atoms in total. The summed E-state index contributed by atoms with van der Waals surface area (Å²) in [6, 6.07) is 59.8. The first-order valence-electron chi connectivity index (χ1n) is 27.5. The molecule has 71 heavy (non-hydrogen) atoms. The fourth-order valence-corrected chi connectivity index (χ4v) is 14.5. The van der Waals surface area contributed by atoms with Crippen LogP contribution in [-0.4, -0.2) is 27.8 Å². The van der Waals surface area contributed by atoms with Crippen molar-refractivity contribution in [2.75, 3.05) is 0 Å². The molecular weight excluding hydrogens is 1120 g/mol. The first-order chi connectivity index (χ1) is 35.8. The molecule has 1 aliphatic rings. The number of fused-ring (bicyclic) bond motifs is 4. The molecule has 1 saturated carbocycles. The van der Waals surface area contributed by atoms with Crippen LogP contribution in [0.15, 0.2) is 158 Å². The van der Waals surface area contributed by atoms with Crippen LogP contribution in [0.5, 0.6) is 0 Å². The van der Waals surface area contributed by atoms with E-state index >= 15 is 0 Å². The van der Waals surface area contributed by atoms with Crippen molar-refractivity contribution in [2.45, 2.75) is 102 Å². The van der Waals surface area contributed by atoms with Crippen LogP contribution in [0.25, 0.3) is 81.8 Å². The molecule has 0 saturated heterocycles. The Hall–Kier alpha value is -5.43. The van der Waals surface area contributed by atoms with Crippen LogP contribution in [0, 0.1) is 24.9 Å². The maximum absolute atomic E-state index is 8.47. The second-order valence-electron chi connectivity index (χ2n) is 20.6. The van der Waals surface area contributed by atoms with Gasteiger partial charge in [0.2, 0.25) is 0 Å². The van der Waals surface area contributed by atoms with Crippen LogP contribution in [0.1, 0.15) is 101 Å². The first kappa shape index (κ1) is 44.3. The Labute approximate surface area is 449 Å². The van der Waals surface area contributed by atoms with E-state index in [1.807, 2.05) is 17.5 Å². The normalized spacial score (nSPS) is 15.9. The average molecular weight is 1190 g/mol. The van der Waals surface area contributed by atoms with Gasteiger partial charge in [0.15, 0.2) is 0 Å². The Balaban J connectivity index is 0.000000204. The largest absolute Gasteiger partial charge is 0 e. The summed E-state index contributed by atoms with van der Waals surface area (Å²) in [5.74, 6) is 8.62. The van der Waals surface area contributed by atoms with E-state index in [0.29, 0.717) is 18.3 Å².